The molecule has 0 rings (SSSR count). The van der Waals surface area contributed by atoms with E-state index in [0.717, 1.165) is 11.5 Å². The normalized spacial score (nSPS) is 10.6. The average molecular weight is 272 g/mol. The fourth-order valence-electron chi connectivity index (χ4n) is 2.23. The minimum Gasteiger partial charge on any atom is -0.380 e. The number of unbranched alkanes of at least 4 members (excludes halogenated alkanes) is 11. The molecule has 0 aliphatic rings. The number of hydrogen-bond acceptors (Lipinski definition) is 1. The van der Waals surface area contributed by atoms with Crippen molar-refractivity contribution in [2.75, 3.05) is 6.54 Å². The van der Waals surface area contributed by atoms with Crippen LogP contribution in [0.25, 0.3) is 0 Å². The van der Waals surface area contributed by atoms with Crippen molar-refractivity contribution in [3.63, 3.8) is 0 Å². The van der Waals surface area contributed by atoms with E-state index >= 15 is 0 Å². The Morgan fingerprint density at radius 1 is 0.722 bits per heavy atom. The molecule has 0 bridgehead atoms. The van der Waals surface area contributed by atoms with E-state index in [1.54, 1.807) is 0 Å². The second-order valence-electron chi connectivity index (χ2n) is 5.37. The largest absolute Gasteiger partial charge is 0.380 e. The Morgan fingerprint density at radius 2 is 1.11 bits per heavy atom. The summed E-state index contributed by atoms with van der Waals surface area (Å²) in [4.78, 5) is 0.929. The van der Waals surface area contributed by atoms with Crippen LogP contribution in [-0.2, 0) is 0 Å². The third-order valence-corrected chi connectivity index (χ3v) is 3.55. The fourth-order valence-corrected chi connectivity index (χ4v) is 2.33. The molecule has 0 spiro atoms. The summed E-state index contributed by atoms with van der Waals surface area (Å²) in [6.45, 7) is 5.30. The molecular formula is C16H33NS. The number of thiocarbonyl (C=S) groups is 1. The van der Waals surface area contributed by atoms with Crippen LogP contribution in [0.5, 0.6) is 0 Å². The van der Waals surface area contributed by atoms with Crippen LogP contribution in [0.4, 0.5) is 0 Å². The van der Waals surface area contributed by atoms with Gasteiger partial charge in [0.1, 0.15) is 0 Å². The van der Waals surface area contributed by atoms with Crippen molar-refractivity contribution in [1.29, 1.82) is 0 Å². The highest BCUT2D eigenvalue weighted by Crippen LogP contribution is 2.11. The monoisotopic (exact) mass is 271 g/mol. The summed E-state index contributed by atoms with van der Waals surface area (Å²) in [5.74, 6) is 0. The molecule has 0 radical (unpaired) electrons. The van der Waals surface area contributed by atoms with Crippen molar-refractivity contribution >= 4 is 17.2 Å². The highest BCUT2D eigenvalue weighted by atomic mass is 32.1. The molecule has 1 nitrogen and oxygen atoms in total. The first-order valence-corrected chi connectivity index (χ1v) is 8.42. The molecule has 0 saturated heterocycles. The quantitative estimate of drug-likeness (QED) is 0.344. The van der Waals surface area contributed by atoms with Crippen molar-refractivity contribution in [3.8, 4) is 0 Å². The zero-order valence-corrected chi connectivity index (χ0v) is 13.4. The van der Waals surface area contributed by atoms with Crippen LogP contribution in [0.15, 0.2) is 0 Å². The molecule has 0 aliphatic carbocycles. The first-order valence-electron chi connectivity index (χ1n) is 8.01. The Morgan fingerprint density at radius 3 is 1.50 bits per heavy atom. The van der Waals surface area contributed by atoms with E-state index in [4.69, 9.17) is 12.2 Å². The molecule has 0 atom stereocenters. The third-order valence-electron chi connectivity index (χ3n) is 3.40. The van der Waals surface area contributed by atoms with E-state index in [-0.39, 0.29) is 0 Å². The summed E-state index contributed by atoms with van der Waals surface area (Å²) in [5, 5.41) is 3.21. The SMILES string of the molecule is CCCCCCCCCCCCCCNC(C)=S. The zero-order valence-electron chi connectivity index (χ0n) is 12.6. The van der Waals surface area contributed by atoms with Crippen LogP contribution >= 0.6 is 12.2 Å². The lowest BCUT2D eigenvalue weighted by Gasteiger charge is -2.04. The van der Waals surface area contributed by atoms with Crippen molar-refractivity contribution in [2.24, 2.45) is 0 Å². The van der Waals surface area contributed by atoms with Gasteiger partial charge >= 0.3 is 0 Å². The van der Waals surface area contributed by atoms with E-state index in [1.807, 2.05) is 6.92 Å². The van der Waals surface area contributed by atoms with Gasteiger partial charge in [-0.15, -0.1) is 0 Å². The molecule has 0 amide bonds. The van der Waals surface area contributed by atoms with Crippen LogP contribution in [0.2, 0.25) is 0 Å². The van der Waals surface area contributed by atoms with Gasteiger partial charge in [-0.1, -0.05) is 89.8 Å². The maximum Gasteiger partial charge on any atom is 0.0721 e. The number of hydrogen-bond donors (Lipinski definition) is 1. The second kappa shape index (κ2) is 14.9. The van der Waals surface area contributed by atoms with E-state index in [1.165, 1.54) is 77.0 Å². The van der Waals surface area contributed by atoms with Crippen molar-refractivity contribution in [2.45, 2.75) is 90.9 Å². The summed E-state index contributed by atoms with van der Waals surface area (Å²) >= 11 is 4.97. The van der Waals surface area contributed by atoms with Gasteiger partial charge < -0.3 is 5.32 Å². The molecule has 1 N–H and O–H groups in total. The van der Waals surface area contributed by atoms with E-state index in [0.29, 0.717) is 0 Å². The lowest BCUT2D eigenvalue weighted by Crippen LogP contribution is -2.18. The maximum atomic E-state index is 4.97. The van der Waals surface area contributed by atoms with E-state index in [9.17, 15) is 0 Å². The van der Waals surface area contributed by atoms with Crippen LogP contribution in [-0.4, -0.2) is 11.5 Å². The van der Waals surface area contributed by atoms with Gasteiger partial charge in [-0.2, -0.15) is 0 Å². The summed E-state index contributed by atoms with van der Waals surface area (Å²) in [7, 11) is 0. The van der Waals surface area contributed by atoms with Gasteiger partial charge in [-0.3, -0.25) is 0 Å². The Kier molecular flexibility index (Phi) is 14.9. The lowest BCUT2D eigenvalue weighted by atomic mass is 10.1. The number of nitrogens with one attached hydrogen (secondary N) is 1. The molecule has 0 saturated carbocycles. The Balaban J connectivity index is 2.92. The van der Waals surface area contributed by atoms with Crippen molar-refractivity contribution in [3.05, 3.63) is 0 Å². The predicted molar refractivity (Wildman–Crippen MR) is 87.4 cm³/mol. The predicted octanol–water partition coefficient (Wildman–Crippen LogP) is 5.62. The molecule has 0 unspecified atom stereocenters. The van der Waals surface area contributed by atoms with Gasteiger partial charge in [0, 0.05) is 6.54 Å². The highest BCUT2D eigenvalue weighted by molar-refractivity contribution is 7.80. The minimum atomic E-state index is 0.929. The molecule has 0 fully saturated rings. The molecule has 2 heteroatoms. The maximum absolute atomic E-state index is 4.97. The first-order chi connectivity index (χ1) is 8.77. The Labute approximate surface area is 120 Å². The first kappa shape index (κ1) is 17.9. The molecule has 0 aliphatic heterocycles. The average Bonchev–Trinajstić information content (AvgIpc) is 2.34. The summed E-state index contributed by atoms with van der Waals surface area (Å²) < 4.78 is 0. The van der Waals surface area contributed by atoms with Gasteiger partial charge in [0.15, 0.2) is 0 Å². The van der Waals surface area contributed by atoms with E-state index < -0.39 is 0 Å². The Hall–Kier alpha value is -0.110. The van der Waals surface area contributed by atoms with Crippen molar-refractivity contribution < 1.29 is 0 Å². The standard InChI is InChI=1S/C16H33NS/c1-3-4-5-6-7-8-9-10-11-12-13-14-15-17-16(2)18/h3-15H2,1-2H3,(H,17,18). The van der Waals surface area contributed by atoms with Crippen LogP contribution in [0.3, 0.4) is 0 Å². The third kappa shape index (κ3) is 15.9. The van der Waals surface area contributed by atoms with Gasteiger partial charge in [-0.05, 0) is 13.3 Å². The van der Waals surface area contributed by atoms with Gasteiger partial charge in [0.2, 0.25) is 0 Å². The van der Waals surface area contributed by atoms with Crippen molar-refractivity contribution in [1.82, 2.24) is 5.32 Å². The summed E-state index contributed by atoms with van der Waals surface area (Å²) in [5.41, 5.74) is 0. The summed E-state index contributed by atoms with van der Waals surface area (Å²) in [6.07, 6.45) is 16.9. The number of rotatable bonds is 13. The summed E-state index contributed by atoms with van der Waals surface area (Å²) in [6, 6.07) is 0. The van der Waals surface area contributed by atoms with Crippen LogP contribution in [0, 0.1) is 0 Å². The minimum absolute atomic E-state index is 0.929. The van der Waals surface area contributed by atoms with Crippen LogP contribution < -0.4 is 5.32 Å². The fraction of sp³-hybridized carbons (Fsp3) is 0.938. The van der Waals surface area contributed by atoms with Crippen LogP contribution in [0.1, 0.15) is 90.9 Å². The molecule has 0 heterocycles. The topological polar surface area (TPSA) is 12.0 Å². The molecule has 0 aromatic carbocycles. The smallest absolute Gasteiger partial charge is 0.0721 e. The van der Waals surface area contributed by atoms with E-state index in [2.05, 4.69) is 12.2 Å². The zero-order chi connectivity index (χ0) is 13.5. The lowest BCUT2D eigenvalue weighted by molar-refractivity contribution is 0.543. The van der Waals surface area contributed by atoms with Gasteiger partial charge in [0.05, 0.1) is 4.99 Å². The Bertz CT molecular complexity index is 180. The molecular weight excluding hydrogens is 238 g/mol. The van der Waals surface area contributed by atoms with Gasteiger partial charge in [0.25, 0.3) is 0 Å². The second-order valence-corrected chi connectivity index (χ2v) is 5.98. The highest BCUT2D eigenvalue weighted by Gasteiger charge is 1.93. The molecule has 0 aromatic rings. The molecule has 108 valence electrons. The molecule has 18 heavy (non-hydrogen) atoms. The van der Waals surface area contributed by atoms with Gasteiger partial charge in [-0.25, -0.2) is 0 Å². The molecule has 0 aromatic heterocycles.